The molecule has 3 aliphatic heterocycles. The molecule has 9 nitrogen and oxygen atoms in total. The van der Waals surface area contributed by atoms with E-state index in [1.165, 1.54) is 12.8 Å². The molecule has 0 aromatic heterocycles. The molecule has 188 valence electrons. The summed E-state index contributed by atoms with van der Waals surface area (Å²) in [7, 11) is 0. The molecule has 2 N–H and O–H groups in total. The number of nitrogens with one attached hydrogen (secondary N) is 2. The van der Waals surface area contributed by atoms with Crippen molar-refractivity contribution in [3.8, 4) is 0 Å². The van der Waals surface area contributed by atoms with Crippen LogP contribution in [0.4, 0.5) is 4.79 Å². The molecule has 3 saturated heterocycles. The molecule has 0 unspecified atom stereocenters. The normalized spacial score (nSPS) is 21.7. The van der Waals surface area contributed by atoms with Crippen LogP contribution in [0.25, 0.3) is 0 Å². The van der Waals surface area contributed by atoms with E-state index in [2.05, 4.69) is 20.4 Å². The van der Waals surface area contributed by atoms with E-state index in [1.54, 1.807) is 0 Å². The summed E-state index contributed by atoms with van der Waals surface area (Å²) in [6.45, 7) is 13.2. The maximum atomic E-state index is 12.3. The van der Waals surface area contributed by atoms with Crippen molar-refractivity contribution in [2.45, 2.75) is 64.9 Å². The fraction of sp³-hybridized carbons (Fsp3) is 0.875. The van der Waals surface area contributed by atoms with Crippen LogP contribution in [0.15, 0.2) is 0 Å². The smallest absolute Gasteiger partial charge is 0.407 e. The van der Waals surface area contributed by atoms with Crippen LogP contribution >= 0.6 is 0 Å². The van der Waals surface area contributed by atoms with Crippen molar-refractivity contribution < 1.29 is 19.1 Å². The number of ether oxygens (including phenoxy) is 1. The number of alkyl carbamates (subject to hydrolysis) is 1. The largest absolute Gasteiger partial charge is 0.444 e. The van der Waals surface area contributed by atoms with Gasteiger partial charge in [-0.05, 0) is 90.9 Å². The van der Waals surface area contributed by atoms with Crippen LogP contribution in [0, 0.1) is 5.41 Å². The number of carbonyl (C=O) groups is 3. The third-order valence-electron chi connectivity index (χ3n) is 7.19. The molecule has 33 heavy (non-hydrogen) atoms. The van der Waals surface area contributed by atoms with Gasteiger partial charge in [0.1, 0.15) is 5.60 Å². The van der Waals surface area contributed by atoms with Crippen molar-refractivity contribution in [1.29, 1.82) is 0 Å². The van der Waals surface area contributed by atoms with E-state index in [4.69, 9.17) is 4.74 Å². The Kier molecular flexibility index (Phi) is 8.98. The number of piperidine rings is 2. The molecule has 3 aliphatic rings. The van der Waals surface area contributed by atoms with Gasteiger partial charge in [-0.1, -0.05) is 0 Å². The Morgan fingerprint density at radius 2 is 1.42 bits per heavy atom. The molecule has 0 bridgehead atoms. The van der Waals surface area contributed by atoms with Crippen LogP contribution in [0.2, 0.25) is 0 Å². The summed E-state index contributed by atoms with van der Waals surface area (Å²) in [6.07, 6.45) is 6.36. The van der Waals surface area contributed by atoms with Crippen LogP contribution < -0.4 is 10.6 Å². The van der Waals surface area contributed by atoms with Gasteiger partial charge in [-0.3, -0.25) is 14.5 Å². The molecule has 3 heterocycles. The molecule has 0 saturated carbocycles. The Labute approximate surface area is 198 Å². The first-order valence-electron chi connectivity index (χ1n) is 12.6. The summed E-state index contributed by atoms with van der Waals surface area (Å²) < 4.78 is 5.28. The van der Waals surface area contributed by atoms with Gasteiger partial charge in [0.25, 0.3) is 0 Å². The van der Waals surface area contributed by atoms with E-state index in [-0.39, 0.29) is 24.5 Å². The molecule has 3 amide bonds. The quantitative estimate of drug-likeness (QED) is 0.591. The number of hydrogen-bond acceptors (Lipinski definition) is 6. The summed E-state index contributed by atoms with van der Waals surface area (Å²) in [5.41, 5.74) is -0.0874. The molecule has 0 aromatic carbocycles. The lowest BCUT2D eigenvalue weighted by molar-refractivity contribution is -0.132. The zero-order valence-corrected chi connectivity index (χ0v) is 20.8. The van der Waals surface area contributed by atoms with Crippen LogP contribution in [0.3, 0.4) is 0 Å². The molecule has 0 atom stereocenters. The zero-order valence-electron chi connectivity index (χ0n) is 20.8. The first-order chi connectivity index (χ1) is 15.6. The lowest BCUT2D eigenvalue weighted by Gasteiger charge is -2.46. The number of hydrogen-bond donors (Lipinski definition) is 2. The molecule has 0 aliphatic carbocycles. The number of amides is 3. The topological polar surface area (TPSA) is 94.2 Å². The van der Waals surface area contributed by atoms with Crippen LogP contribution in [-0.2, 0) is 14.3 Å². The molecule has 1 spiro atoms. The standard InChI is InChI=1S/C24H43N5O4/c1-23(2,3)33-22(32)25-10-17-27-13-6-24(7-14-27)8-15-28(16-9-24)19-20(30)26-18-21(31)29-11-4-5-12-29/h4-19H2,1-3H3,(H,25,32)(H,26,30). The lowest BCUT2D eigenvalue weighted by atomic mass is 9.71. The minimum Gasteiger partial charge on any atom is -0.444 e. The fourth-order valence-corrected chi connectivity index (χ4v) is 5.08. The van der Waals surface area contributed by atoms with Crippen molar-refractivity contribution >= 4 is 17.9 Å². The van der Waals surface area contributed by atoms with E-state index >= 15 is 0 Å². The SMILES string of the molecule is CC(C)(C)OC(=O)NCCN1CCC2(CC1)CCN(CC(=O)NCC(=O)N1CCCC1)CC2. The first-order valence-corrected chi connectivity index (χ1v) is 12.6. The van der Waals surface area contributed by atoms with E-state index in [9.17, 15) is 14.4 Å². The van der Waals surface area contributed by atoms with E-state index in [0.717, 1.165) is 71.5 Å². The van der Waals surface area contributed by atoms with Gasteiger partial charge in [-0.25, -0.2) is 4.79 Å². The molecule has 0 radical (unpaired) electrons. The Balaban J connectivity index is 1.28. The van der Waals surface area contributed by atoms with E-state index in [0.29, 0.717) is 18.5 Å². The van der Waals surface area contributed by atoms with Gasteiger partial charge in [0.2, 0.25) is 11.8 Å². The second kappa shape index (κ2) is 11.5. The van der Waals surface area contributed by atoms with Crippen molar-refractivity contribution in [1.82, 2.24) is 25.3 Å². The molecule has 3 rings (SSSR count). The summed E-state index contributed by atoms with van der Waals surface area (Å²) >= 11 is 0. The van der Waals surface area contributed by atoms with Gasteiger partial charge >= 0.3 is 6.09 Å². The van der Waals surface area contributed by atoms with Crippen molar-refractivity contribution in [3.63, 3.8) is 0 Å². The Morgan fingerprint density at radius 1 is 0.848 bits per heavy atom. The average molecular weight is 466 g/mol. The molecule has 9 heteroatoms. The second-order valence-electron chi connectivity index (χ2n) is 10.9. The van der Waals surface area contributed by atoms with Gasteiger partial charge in [0.05, 0.1) is 13.1 Å². The van der Waals surface area contributed by atoms with Gasteiger partial charge in [-0.2, -0.15) is 0 Å². The van der Waals surface area contributed by atoms with Crippen molar-refractivity contribution in [2.24, 2.45) is 5.41 Å². The zero-order chi connectivity index (χ0) is 23.9. The molecular weight excluding hydrogens is 422 g/mol. The lowest BCUT2D eigenvalue weighted by Crippen LogP contribution is -2.50. The maximum Gasteiger partial charge on any atom is 0.407 e. The predicted molar refractivity (Wildman–Crippen MR) is 127 cm³/mol. The highest BCUT2D eigenvalue weighted by Crippen LogP contribution is 2.41. The highest BCUT2D eigenvalue weighted by molar-refractivity contribution is 5.85. The fourth-order valence-electron chi connectivity index (χ4n) is 5.08. The summed E-state index contributed by atoms with van der Waals surface area (Å²) in [5.74, 6) is -0.0164. The molecular formula is C24H43N5O4. The number of carbonyl (C=O) groups excluding carboxylic acids is 3. The van der Waals surface area contributed by atoms with Gasteiger partial charge in [-0.15, -0.1) is 0 Å². The maximum absolute atomic E-state index is 12.3. The third-order valence-corrected chi connectivity index (χ3v) is 7.19. The summed E-state index contributed by atoms with van der Waals surface area (Å²) in [5, 5.41) is 5.65. The van der Waals surface area contributed by atoms with Crippen molar-refractivity contribution in [3.05, 3.63) is 0 Å². The third kappa shape index (κ3) is 8.45. The number of likely N-dealkylation sites (tertiary alicyclic amines) is 3. The predicted octanol–water partition coefficient (Wildman–Crippen LogP) is 1.43. The van der Waals surface area contributed by atoms with E-state index in [1.807, 2.05) is 25.7 Å². The van der Waals surface area contributed by atoms with Gasteiger partial charge < -0.3 is 25.2 Å². The Hall–Kier alpha value is -1.87. The van der Waals surface area contributed by atoms with Crippen LogP contribution in [0.5, 0.6) is 0 Å². The number of nitrogens with zero attached hydrogens (tertiary/aromatic N) is 3. The molecule has 0 aromatic rings. The first kappa shape index (κ1) is 25.7. The molecule has 3 fully saturated rings. The van der Waals surface area contributed by atoms with E-state index < -0.39 is 5.60 Å². The van der Waals surface area contributed by atoms with Crippen LogP contribution in [-0.4, -0.2) is 104 Å². The monoisotopic (exact) mass is 465 g/mol. The van der Waals surface area contributed by atoms with Gasteiger partial charge in [0, 0.05) is 26.2 Å². The highest BCUT2D eigenvalue weighted by atomic mass is 16.6. The highest BCUT2D eigenvalue weighted by Gasteiger charge is 2.37. The Bertz CT molecular complexity index is 669. The summed E-state index contributed by atoms with van der Waals surface area (Å²) in [4.78, 5) is 42.6. The minimum atomic E-state index is -0.470. The van der Waals surface area contributed by atoms with Crippen LogP contribution in [0.1, 0.15) is 59.3 Å². The Morgan fingerprint density at radius 3 is 2.00 bits per heavy atom. The summed E-state index contributed by atoms with van der Waals surface area (Å²) in [6, 6.07) is 0. The number of rotatable bonds is 7. The van der Waals surface area contributed by atoms with Crippen molar-refractivity contribution in [2.75, 3.05) is 65.4 Å². The van der Waals surface area contributed by atoms with Gasteiger partial charge in [0.15, 0.2) is 0 Å². The average Bonchev–Trinajstić information content (AvgIpc) is 3.29. The minimum absolute atomic E-state index is 0.0338. The second-order valence-corrected chi connectivity index (χ2v) is 10.9.